The van der Waals surface area contributed by atoms with Crippen molar-refractivity contribution < 1.29 is 19.4 Å². The maximum atomic E-state index is 12.6. The number of amides is 1. The number of aryl methyl sites for hydroxylation is 2. The quantitative estimate of drug-likeness (QED) is 0.758. The van der Waals surface area contributed by atoms with Gasteiger partial charge in [-0.15, -0.1) is 0 Å². The maximum Gasteiger partial charge on any atom is 0.337 e. The minimum atomic E-state index is -0.554. The molecule has 0 saturated heterocycles. The first-order valence-electron chi connectivity index (χ1n) is 8.70. The van der Waals surface area contributed by atoms with E-state index in [1.165, 1.54) is 12.0 Å². The molecular formula is C20H23N3O4. The fourth-order valence-corrected chi connectivity index (χ4v) is 3.26. The summed E-state index contributed by atoms with van der Waals surface area (Å²) in [7, 11) is 1.28. The van der Waals surface area contributed by atoms with Gasteiger partial charge >= 0.3 is 5.97 Å². The Morgan fingerprint density at radius 1 is 1.15 bits per heavy atom. The Morgan fingerprint density at radius 3 is 2.33 bits per heavy atom. The number of nitrogens with zero attached hydrogens (tertiary/aromatic N) is 2. The van der Waals surface area contributed by atoms with Crippen molar-refractivity contribution in [2.24, 2.45) is 0 Å². The summed E-state index contributed by atoms with van der Waals surface area (Å²) < 4.78 is 6.92. The normalized spacial score (nSPS) is 14.1. The molecule has 0 atom stereocenters. The molecule has 2 heterocycles. The topological polar surface area (TPSA) is 83.8 Å². The predicted octanol–water partition coefficient (Wildman–Crippen LogP) is 1.77. The van der Waals surface area contributed by atoms with E-state index in [9.17, 15) is 9.59 Å². The van der Waals surface area contributed by atoms with E-state index in [1.807, 2.05) is 38.1 Å². The zero-order valence-electron chi connectivity index (χ0n) is 15.7. The van der Waals surface area contributed by atoms with Crippen LogP contribution < -0.4 is 5.32 Å². The van der Waals surface area contributed by atoms with Gasteiger partial charge in [-0.25, -0.2) is 4.79 Å². The Kier molecular flexibility index (Phi) is 5.32. The highest BCUT2D eigenvalue weighted by molar-refractivity contribution is 6.08. The van der Waals surface area contributed by atoms with Gasteiger partial charge in [-0.1, -0.05) is 0 Å². The van der Waals surface area contributed by atoms with Crippen molar-refractivity contribution in [3.8, 4) is 5.69 Å². The largest absolute Gasteiger partial charge is 0.466 e. The van der Waals surface area contributed by atoms with Crippen molar-refractivity contribution in [3.05, 3.63) is 59.1 Å². The Labute approximate surface area is 157 Å². The lowest BCUT2D eigenvalue weighted by Crippen LogP contribution is -2.31. The van der Waals surface area contributed by atoms with E-state index in [0.29, 0.717) is 5.69 Å². The second-order valence-electron chi connectivity index (χ2n) is 6.42. The van der Waals surface area contributed by atoms with Crippen molar-refractivity contribution in [2.45, 2.75) is 13.8 Å². The molecule has 27 heavy (non-hydrogen) atoms. The van der Waals surface area contributed by atoms with Crippen molar-refractivity contribution >= 4 is 17.6 Å². The first kappa shape index (κ1) is 18.7. The molecule has 142 valence electrons. The number of hydrogen-bond donors (Lipinski definition) is 2. The number of carbonyl (C=O) groups is 2. The van der Waals surface area contributed by atoms with E-state index < -0.39 is 5.97 Å². The minimum Gasteiger partial charge on any atom is -0.466 e. The summed E-state index contributed by atoms with van der Waals surface area (Å²) in [6.45, 7) is 4.20. The predicted molar refractivity (Wildman–Crippen MR) is 102 cm³/mol. The SMILES string of the molecule is COC(=O)C1=C(Nc2ccc(-n3c(C)ccc3C)cc2)C(=O)N(CCO)C1. The minimum absolute atomic E-state index is 0.119. The Bertz CT molecular complexity index is 877. The van der Waals surface area contributed by atoms with Crippen LogP contribution in [0.3, 0.4) is 0 Å². The number of hydrogen-bond acceptors (Lipinski definition) is 5. The Morgan fingerprint density at radius 2 is 1.78 bits per heavy atom. The summed E-state index contributed by atoms with van der Waals surface area (Å²) in [4.78, 5) is 26.0. The molecule has 1 amide bonds. The smallest absolute Gasteiger partial charge is 0.337 e. The molecule has 7 nitrogen and oxygen atoms in total. The second kappa shape index (κ2) is 7.67. The Balaban J connectivity index is 1.86. The lowest BCUT2D eigenvalue weighted by atomic mass is 10.2. The van der Waals surface area contributed by atoms with Gasteiger partial charge in [0.05, 0.1) is 25.8 Å². The van der Waals surface area contributed by atoms with Crippen LogP contribution in [0.5, 0.6) is 0 Å². The van der Waals surface area contributed by atoms with Crippen LogP contribution in [0.2, 0.25) is 0 Å². The number of rotatable bonds is 6. The Hall–Kier alpha value is -3.06. The maximum absolute atomic E-state index is 12.6. The van der Waals surface area contributed by atoms with Gasteiger partial charge in [0, 0.05) is 29.3 Å². The van der Waals surface area contributed by atoms with Gasteiger partial charge in [-0.05, 0) is 50.2 Å². The molecule has 0 fully saturated rings. The summed E-state index contributed by atoms with van der Waals surface area (Å²) in [6, 6.07) is 11.7. The highest BCUT2D eigenvalue weighted by Crippen LogP contribution is 2.24. The number of aliphatic hydroxyl groups is 1. The van der Waals surface area contributed by atoms with Gasteiger partial charge in [-0.3, -0.25) is 4.79 Å². The van der Waals surface area contributed by atoms with E-state index in [-0.39, 0.29) is 36.9 Å². The second-order valence-corrected chi connectivity index (χ2v) is 6.42. The van der Waals surface area contributed by atoms with Crippen molar-refractivity contribution in [1.82, 2.24) is 9.47 Å². The van der Waals surface area contributed by atoms with Gasteiger partial charge in [0.25, 0.3) is 5.91 Å². The molecule has 2 N–H and O–H groups in total. The number of aliphatic hydroxyl groups excluding tert-OH is 1. The summed E-state index contributed by atoms with van der Waals surface area (Å²) >= 11 is 0. The first-order valence-corrected chi connectivity index (χ1v) is 8.70. The number of anilines is 1. The van der Waals surface area contributed by atoms with E-state index >= 15 is 0 Å². The molecule has 1 aromatic carbocycles. The average molecular weight is 369 g/mol. The summed E-state index contributed by atoms with van der Waals surface area (Å²) in [5.41, 5.74) is 4.43. The van der Waals surface area contributed by atoms with Gasteiger partial charge < -0.3 is 24.6 Å². The molecule has 0 aliphatic carbocycles. The lowest BCUT2D eigenvalue weighted by Gasteiger charge is -2.15. The van der Waals surface area contributed by atoms with Crippen molar-refractivity contribution in [2.75, 3.05) is 32.1 Å². The number of benzene rings is 1. The number of aromatic nitrogens is 1. The molecule has 0 saturated carbocycles. The van der Waals surface area contributed by atoms with Crippen LogP contribution in [0.4, 0.5) is 5.69 Å². The van der Waals surface area contributed by atoms with Crippen LogP contribution in [0.25, 0.3) is 5.69 Å². The summed E-state index contributed by atoms with van der Waals surface area (Å²) in [6.07, 6.45) is 0. The fraction of sp³-hybridized carbons (Fsp3) is 0.300. The monoisotopic (exact) mass is 369 g/mol. The fourth-order valence-electron chi connectivity index (χ4n) is 3.26. The number of carbonyl (C=O) groups excluding carboxylic acids is 2. The summed E-state index contributed by atoms with van der Waals surface area (Å²) in [5, 5.41) is 12.2. The number of methoxy groups -OCH3 is 1. The van der Waals surface area contributed by atoms with Gasteiger partial charge in [0.15, 0.2) is 0 Å². The van der Waals surface area contributed by atoms with Gasteiger partial charge in [-0.2, -0.15) is 0 Å². The summed E-state index contributed by atoms with van der Waals surface area (Å²) in [5.74, 6) is -0.882. The third-order valence-corrected chi connectivity index (χ3v) is 4.62. The molecular weight excluding hydrogens is 346 g/mol. The molecule has 3 rings (SSSR count). The van der Waals surface area contributed by atoms with Gasteiger partial charge in [0.2, 0.25) is 0 Å². The van der Waals surface area contributed by atoms with Crippen LogP contribution in [0, 0.1) is 13.8 Å². The highest BCUT2D eigenvalue weighted by Gasteiger charge is 2.34. The average Bonchev–Trinajstić information content (AvgIpc) is 3.16. The van der Waals surface area contributed by atoms with Crippen molar-refractivity contribution in [1.29, 1.82) is 0 Å². The number of ether oxygens (including phenoxy) is 1. The standard InChI is InChI=1S/C20H23N3O4/c1-13-4-5-14(2)23(13)16-8-6-15(7-9-16)21-18-17(20(26)27-3)12-22(10-11-24)19(18)25/h4-9,21,24H,10-12H2,1-3H3. The van der Waals surface area contributed by atoms with Crippen LogP contribution in [-0.2, 0) is 14.3 Å². The molecule has 0 unspecified atom stereocenters. The van der Waals surface area contributed by atoms with Crippen LogP contribution in [0.15, 0.2) is 47.7 Å². The molecule has 1 aliphatic heterocycles. The number of β-amino-alcohol motifs (C(OH)–C–C–N with tert-alkyl or cyclic N) is 1. The molecule has 1 aromatic heterocycles. The third-order valence-electron chi connectivity index (χ3n) is 4.62. The van der Waals surface area contributed by atoms with Crippen LogP contribution in [0.1, 0.15) is 11.4 Å². The van der Waals surface area contributed by atoms with Crippen molar-refractivity contribution in [3.63, 3.8) is 0 Å². The molecule has 7 heteroatoms. The molecule has 0 spiro atoms. The van der Waals surface area contributed by atoms with E-state index in [2.05, 4.69) is 22.0 Å². The zero-order valence-corrected chi connectivity index (χ0v) is 15.7. The van der Waals surface area contributed by atoms with E-state index in [4.69, 9.17) is 9.84 Å². The first-order chi connectivity index (χ1) is 13.0. The third kappa shape index (κ3) is 3.59. The molecule has 2 aromatic rings. The van der Waals surface area contributed by atoms with E-state index in [1.54, 1.807) is 0 Å². The van der Waals surface area contributed by atoms with Crippen LogP contribution in [-0.4, -0.2) is 53.3 Å². The molecule has 0 radical (unpaired) electrons. The lowest BCUT2D eigenvalue weighted by molar-refractivity contribution is -0.136. The van der Waals surface area contributed by atoms with Crippen LogP contribution >= 0.6 is 0 Å². The molecule has 0 bridgehead atoms. The highest BCUT2D eigenvalue weighted by atomic mass is 16.5. The molecule has 1 aliphatic rings. The number of esters is 1. The van der Waals surface area contributed by atoms with E-state index in [0.717, 1.165) is 17.1 Å². The number of nitrogens with one attached hydrogen (secondary N) is 1. The zero-order chi connectivity index (χ0) is 19.6. The van der Waals surface area contributed by atoms with Gasteiger partial charge in [0.1, 0.15) is 5.70 Å².